The summed E-state index contributed by atoms with van der Waals surface area (Å²) < 4.78 is 6.92. The second kappa shape index (κ2) is 11.4. The van der Waals surface area contributed by atoms with Crippen LogP contribution in [0.1, 0.15) is 16.7 Å². The highest BCUT2D eigenvalue weighted by Gasteiger charge is 2.40. The van der Waals surface area contributed by atoms with Gasteiger partial charge in [-0.15, -0.1) is 11.8 Å². The lowest BCUT2D eigenvalue weighted by molar-refractivity contribution is -0.0341. The van der Waals surface area contributed by atoms with Crippen molar-refractivity contribution in [2.24, 2.45) is 0 Å². The predicted octanol–water partition coefficient (Wildman–Crippen LogP) is 7.39. The largest absolute Gasteiger partial charge is 0.390 e. The monoisotopic (exact) mass is 498 g/mol. The number of aliphatic hydroxyl groups excluding tert-OH is 1. The molecule has 0 aliphatic rings. The van der Waals surface area contributed by atoms with Gasteiger partial charge in [-0.3, -0.25) is 0 Å². The molecule has 4 heteroatoms. The molecule has 180 valence electrons. The van der Waals surface area contributed by atoms with Crippen molar-refractivity contribution in [2.75, 3.05) is 6.61 Å². The van der Waals surface area contributed by atoms with Gasteiger partial charge < -0.3 is 9.84 Å². The van der Waals surface area contributed by atoms with E-state index >= 15 is 0 Å². The minimum Gasteiger partial charge on any atom is -0.390 e. The number of benzene rings is 4. The molecule has 0 unspecified atom stereocenters. The molecule has 4 rings (SSSR count). The summed E-state index contributed by atoms with van der Waals surface area (Å²) in [5.74, 6) is 0. The number of aliphatic hydroxyl groups is 1. The lowest BCUT2D eigenvalue weighted by Gasteiger charge is -2.39. The number of hydrogen-bond acceptors (Lipinski definition) is 3. The van der Waals surface area contributed by atoms with Gasteiger partial charge in [0.2, 0.25) is 0 Å². The summed E-state index contributed by atoms with van der Waals surface area (Å²) >= 11 is 1.77. The number of ether oxygens (including phenoxy) is 1. The number of hydrogen-bond donors (Lipinski definition) is 1. The molecule has 0 amide bonds. The van der Waals surface area contributed by atoms with Crippen molar-refractivity contribution in [2.45, 2.75) is 41.1 Å². The highest BCUT2D eigenvalue weighted by molar-refractivity contribution is 8.01. The fourth-order valence-corrected chi connectivity index (χ4v) is 8.46. The van der Waals surface area contributed by atoms with Gasteiger partial charge in [-0.05, 0) is 28.8 Å². The van der Waals surface area contributed by atoms with Crippen LogP contribution in [0.25, 0.3) is 0 Å². The van der Waals surface area contributed by atoms with E-state index in [1.54, 1.807) is 11.8 Å². The Morgan fingerprint density at radius 2 is 1.03 bits per heavy atom. The molecule has 2 atom stereocenters. The first kappa shape index (κ1) is 25.5. The van der Waals surface area contributed by atoms with E-state index in [0.717, 1.165) is 16.7 Å². The molecule has 4 aromatic carbocycles. The first-order valence-corrected chi connectivity index (χ1v) is 16.6. The minimum atomic E-state index is -1.73. The molecule has 0 saturated carbocycles. The van der Waals surface area contributed by atoms with Crippen molar-refractivity contribution in [3.63, 3.8) is 0 Å². The first-order chi connectivity index (χ1) is 16.9. The van der Waals surface area contributed by atoms with E-state index in [4.69, 9.17) is 4.74 Å². The fourth-order valence-electron chi connectivity index (χ4n) is 4.54. The zero-order chi connectivity index (χ0) is 24.7. The molecule has 0 radical (unpaired) electrons. The third kappa shape index (κ3) is 5.96. The maximum Gasteiger partial charge on any atom is 0.143 e. The Kier molecular flexibility index (Phi) is 8.29. The fraction of sp³-hybridized carbons (Fsp3) is 0.226. The summed E-state index contributed by atoms with van der Waals surface area (Å²) in [5.41, 5.74) is 2.31. The van der Waals surface area contributed by atoms with Crippen LogP contribution >= 0.6 is 11.8 Å². The van der Waals surface area contributed by atoms with Gasteiger partial charge in [0.25, 0.3) is 0 Å². The summed E-state index contributed by atoms with van der Waals surface area (Å²) in [6.07, 6.45) is -0.609. The first-order valence-electron chi connectivity index (χ1n) is 12.1. The SMILES string of the molecule is C[Si](C)(C)[C@H](Sc1ccccc1)[C@H](O)COC(c1ccccc1)(c1ccccc1)c1ccccc1. The highest BCUT2D eigenvalue weighted by Crippen LogP contribution is 2.41. The average molecular weight is 499 g/mol. The molecule has 4 aromatic rings. The van der Waals surface area contributed by atoms with Crippen molar-refractivity contribution in [3.8, 4) is 0 Å². The van der Waals surface area contributed by atoms with Gasteiger partial charge >= 0.3 is 0 Å². The van der Waals surface area contributed by atoms with E-state index in [0.29, 0.717) is 0 Å². The molecule has 35 heavy (non-hydrogen) atoms. The van der Waals surface area contributed by atoms with E-state index in [2.05, 4.69) is 80.3 Å². The van der Waals surface area contributed by atoms with Crippen molar-refractivity contribution >= 4 is 19.8 Å². The molecule has 1 N–H and O–H groups in total. The predicted molar refractivity (Wildman–Crippen MR) is 151 cm³/mol. The van der Waals surface area contributed by atoms with Gasteiger partial charge in [0.15, 0.2) is 0 Å². The molecule has 0 aliphatic carbocycles. The third-order valence-corrected chi connectivity index (χ3v) is 11.9. The minimum absolute atomic E-state index is 0.0879. The van der Waals surface area contributed by atoms with Gasteiger partial charge in [-0.1, -0.05) is 129 Å². The quantitative estimate of drug-likeness (QED) is 0.140. The second-order valence-corrected chi connectivity index (χ2v) is 16.9. The average Bonchev–Trinajstić information content (AvgIpc) is 2.89. The van der Waals surface area contributed by atoms with Crippen LogP contribution in [0.3, 0.4) is 0 Å². The van der Waals surface area contributed by atoms with Gasteiger partial charge in [0.1, 0.15) is 5.60 Å². The lowest BCUT2D eigenvalue weighted by atomic mass is 9.80. The van der Waals surface area contributed by atoms with Crippen LogP contribution in [0.4, 0.5) is 0 Å². The molecular weight excluding hydrogens is 464 g/mol. The lowest BCUT2D eigenvalue weighted by Crippen LogP contribution is -2.47. The maximum absolute atomic E-state index is 11.6. The van der Waals surface area contributed by atoms with Gasteiger partial charge in [0.05, 0.1) is 20.8 Å². The topological polar surface area (TPSA) is 29.5 Å². The zero-order valence-electron chi connectivity index (χ0n) is 20.7. The van der Waals surface area contributed by atoms with E-state index in [-0.39, 0.29) is 11.5 Å². The maximum atomic E-state index is 11.6. The molecule has 0 heterocycles. The summed E-state index contributed by atoms with van der Waals surface area (Å²) in [6, 6.07) is 41.4. The molecular formula is C31H34O2SSi. The van der Waals surface area contributed by atoms with Crippen LogP contribution in [0.5, 0.6) is 0 Å². The summed E-state index contributed by atoms with van der Waals surface area (Å²) in [7, 11) is -1.73. The Hall–Kier alpha value is -2.63. The standard InChI is InChI=1S/C31H34O2SSi/c1-35(2,3)30(34-28-22-14-7-15-23-28)29(32)24-33-31(25-16-8-4-9-17-25,26-18-10-5-11-19-26)27-20-12-6-13-21-27/h4-23,29-30,32H,24H2,1-3H3/t29-,30+/m1/s1. The third-order valence-electron chi connectivity index (χ3n) is 6.22. The molecule has 0 fully saturated rings. The Morgan fingerprint density at radius 3 is 1.40 bits per heavy atom. The zero-order valence-corrected chi connectivity index (χ0v) is 22.5. The Bertz CT molecular complexity index is 1070. The Labute approximate surface area is 215 Å². The number of thioether (sulfide) groups is 1. The Morgan fingerprint density at radius 1 is 0.657 bits per heavy atom. The van der Waals surface area contributed by atoms with Crippen molar-refractivity contribution in [3.05, 3.63) is 138 Å². The van der Waals surface area contributed by atoms with E-state index in [9.17, 15) is 5.11 Å². The van der Waals surface area contributed by atoms with Crippen LogP contribution in [0, 0.1) is 0 Å². The van der Waals surface area contributed by atoms with Gasteiger partial charge in [0, 0.05) is 9.77 Å². The highest BCUT2D eigenvalue weighted by atomic mass is 32.2. The van der Waals surface area contributed by atoms with Crippen molar-refractivity contribution in [1.29, 1.82) is 0 Å². The smallest absolute Gasteiger partial charge is 0.143 e. The van der Waals surface area contributed by atoms with E-state index in [1.807, 2.05) is 60.7 Å². The van der Waals surface area contributed by atoms with Crippen LogP contribution in [0.2, 0.25) is 19.6 Å². The van der Waals surface area contributed by atoms with Crippen LogP contribution < -0.4 is 0 Å². The summed E-state index contributed by atoms with van der Waals surface area (Å²) in [5, 5.41) is 11.6. The van der Waals surface area contributed by atoms with Crippen LogP contribution in [0.15, 0.2) is 126 Å². The molecule has 0 spiro atoms. The summed E-state index contributed by atoms with van der Waals surface area (Å²) in [4.78, 5) is 1.27. The normalized spacial score (nSPS) is 13.8. The second-order valence-electron chi connectivity index (χ2n) is 9.88. The van der Waals surface area contributed by atoms with E-state index in [1.165, 1.54) is 4.90 Å². The van der Waals surface area contributed by atoms with Crippen molar-refractivity contribution in [1.82, 2.24) is 0 Å². The van der Waals surface area contributed by atoms with E-state index < -0.39 is 19.8 Å². The van der Waals surface area contributed by atoms with Crippen LogP contribution in [-0.4, -0.2) is 30.8 Å². The summed E-state index contributed by atoms with van der Waals surface area (Å²) in [6.45, 7) is 7.18. The molecule has 2 nitrogen and oxygen atoms in total. The molecule has 0 bridgehead atoms. The molecule has 0 aliphatic heterocycles. The van der Waals surface area contributed by atoms with Crippen LogP contribution in [-0.2, 0) is 10.3 Å². The Balaban J connectivity index is 1.73. The van der Waals surface area contributed by atoms with Gasteiger partial charge in [-0.25, -0.2) is 0 Å². The van der Waals surface area contributed by atoms with Gasteiger partial charge in [-0.2, -0.15) is 0 Å². The molecule has 0 aromatic heterocycles. The molecule has 0 saturated heterocycles. The van der Waals surface area contributed by atoms with Crippen molar-refractivity contribution < 1.29 is 9.84 Å². The number of rotatable bonds is 10.